The fourth-order valence-corrected chi connectivity index (χ4v) is 1.94. The number of fused-ring (bicyclic) bond motifs is 1. The van der Waals surface area contributed by atoms with Gasteiger partial charge in [-0.2, -0.15) is 0 Å². The topological polar surface area (TPSA) is 57.3 Å². The molecule has 0 aliphatic carbocycles. The minimum atomic E-state index is -0.874. The zero-order valence-electron chi connectivity index (χ0n) is 10.2. The summed E-state index contributed by atoms with van der Waals surface area (Å²) in [6.45, 7) is 0. The first-order valence-corrected chi connectivity index (χ1v) is 5.28. The Kier molecular flexibility index (Phi) is 3.20. The van der Waals surface area contributed by atoms with Crippen molar-refractivity contribution in [3.63, 3.8) is 0 Å². The quantitative estimate of drug-likeness (QED) is 0.635. The van der Waals surface area contributed by atoms with Crippen molar-refractivity contribution in [3.05, 3.63) is 45.8 Å². The van der Waals surface area contributed by atoms with Crippen LogP contribution < -0.4 is 4.74 Å². The highest BCUT2D eigenvalue weighted by Gasteiger charge is 2.19. The fraction of sp³-hybridized carbons (Fsp3) is 0.167. The molecule has 100 valence electrons. The van der Waals surface area contributed by atoms with E-state index >= 15 is 0 Å². The number of hydrogen-bond acceptors (Lipinski definition) is 3. The lowest BCUT2D eigenvalue weighted by atomic mass is 10.1. The van der Waals surface area contributed by atoms with Gasteiger partial charge >= 0.3 is 0 Å². The number of ether oxygens (including phenoxy) is 1. The molecule has 0 bridgehead atoms. The molecule has 0 saturated heterocycles. The molecule has 2 rings (SSSR count). The Morgan fingerprint density at radius 2 is 2.16 bits per heavy atom. The first-order valence-electron chi connectivity index (χ1n) is 5.28. The van der Waals surface area contributed by atoms with Crippen LogP contribution in [0.5, 0.6) is 5.75 Å². The van der Waals surface area contributed by atoms with Crippen molar-refractivity contribution in [3.8, 4) is 5.75 Å². The van der Waals surface area contributed by atoms with Gasteiger partial charge < -0.3 is 9.30 Å². The Hall–Kier alpha value is -2.44. The third-order valence-electron chi connectivity index (χ3n) is 2.74. The summed E-state index contributed by atoms with van der Waals surface area (Å²) in [5.74, 6) is -2.20. The summed E-state index contributed by atoms with van der Waals surface area (Å²) in [6.07, 6.45) is 3.33. The van der Waals surface area contributed by atoms with Crippen LogP contribution in [0.4, 0.5) is 8.78 Å². The van der Waals surface area contributed by atoms with Gasteiger partial charge in [0.15, 0.2) is 17.4 Å². The second kappa shape index (κ2) is 4.68. The Balaban J connectivity index is 2.77. The van der Waals surface area contributed by atoms with Gasteiger partial charge in [-0.3, -0.25) is 10.1 Å². The van der Waals surface area contributed by atoms with E-state index < -0.39 is 22.3 Å². The molecule has 1 aromatic carbocycles. The normalized spacial score (nSPS) is 11.4. The van der Waals surface area contributed by atoms with Crippen LogP contribution in [0.2, 0.25) is 0 Å². The van der Waals surface area contributed by atoms with Crippen molar-refractivity contribution in [2.24, 2.45) is 7.05 Å². The highest BCUT2D eigenvalue weighted by molar-refractivity contribution is 5.91. The number of aryl methyl sites for hydroxylation is 1. The summed E-state index contributed by atoms with van der Waals surface area (Å²) in [4.78, 5) is 9.66. The van der Waals surface area contributed by atoms with Crippen LogP contribution in [-0.2, 0) is 7.05 Å². The number of nitrogens with zero attached hydrogens (tertiary/aromatic N) is 2. The summed E-state index contributed by atoms with van der Waals surface area (Å²) in [7, 11) is 2.75. The minimum absolute atomic E-state index is 0.0823. The maximum absolute atomic E-state index is 14.1. The van der Waals surface area contributed by atoms with Crippen molar-refractivity contribution in [1.29, 1.82) is 0 Å². The smallest absolute Gasteiger partial charge is 0.235 e. The Bertz CT molecular complexity index is 692. The molecule has 0 N–H and O–H groups in total. The minimum Gasteiger partial charge on any atom is -0.491 e. The van der Waals surface area contributed by atoms with E-state index in [0.29, 0.717) is 11.7 Å². The van der Waals surface area contributed by atoms with E-state index in [4.69, 9.17) is 0 Å². The van der Waals surface area contributed by atoms with Gasteiger partial charge in [-0.15, -0.1) is 0 Å². The summed E-state index contributed by atoms with van der Waals surface area (Å²) in [5, 5.41) is 10.4. The lowest BCUT2D eigenvalue weighted by Gasteiger charge is -2.05. The molecule has 0 aliphatic heterocycles. The molecule has 0 amide bonds. The molecule has 0 saturated carbocycles. The molecule has 19 heavy (non-hydrogen) atoms. The molecule has 0 atom stereocenters. The van der Waals surface area contributed by atoms with Crippen LogP contribution in [-0.4, -0.2) is 16.6 Å². The molecule has 0 aliphatic rings. The first kappa shape index (κ1) is 13.0. The van der Waals surface area contributed by atoms with Crippen LogP contribution in [0.3, 0.4) is 0 Å². The average Bonchev–Trinajstić information content (AvgIpc) is 2.64. The number of halogens is 2. The van der Waals surface area contributed by atoms with Crippen LogP contribution in [0, 0.1) is 21.7 Å². The number of aromatic nitrogens is 1. The van der Waals surface area contributed by atoms with Gasteiger partial charge in [-0.1, -0.05) is 0 Å². The molecular formula is C12H10F2N2O3. The SMILES string of the molecule is COc1c(F)cc2c(c(/C=C/[N+](=O)[O-])cn2C)c1F. The number of hydrogen-bond donors (Lipinski definition) is 0. The standard InChI is InChI=1S/C12H10F2N2O3/c1-15-6-7(3-4-16(17)18)10-9(15)5-8(13)12(19-2)11(10)14/h3-6H,1-2H3/b4-3+. The largest absolute Gasteiger partial charge is 0.491 e. The third kappa shape index (κ3) is 2.14. The number of methoxy groups -OCH3 is 1. The molecular weight excluding hydrogens is 258 g/mol. The molecule has 1 heterocycles. The van der Waals surface area contributed by atoms with Gasteiger partial charge in [0.05, 0.1) is 17.5 Å². The molecule has 0 radical (unpaired) electrons. The lowest BCUT2D eigenvalue weighted by Crippen LogP contribution is -1.95. The van der Waals surface area contributed by atoms with E-state index in [2.05, 4.69) is 4.74 Å². The number of rotatable bonds is 3. The van der Waals surface area contributed by atoms with Gasteiger partial charge in [0, 0.05) is 36.3 Å². The van der Waals surface area contributed by atoms with E-state index in [1.54, 1.807) is 7.05 Å². The predicted octanol–water partition coefficient (Wildman–Crippen LogP) is 2.71. The van der Waals surface area contributed by atoms with Crippen molar-refractivity contribution >= 4 is 17.0 Å². The zero-order chi connectivity index (χ0) is 14.2. The maximum atomic E-state index is 14.1. The highest BCUT2D eigenvalue weighted by atomic mass is 19.1. The zero-order valence-corrected chi connectivity index (χ0v) is 10.2. The summed E-state index contributed by atoms with van der Waals surface area (Å²) < 4.78 is 33.9. The number of benzene rings is 1. The van der Waals surface area contributed by atoms with E-state index in [1.165, 1.54) is 10.8 Å². The van der Waals surface area contributed by atoms with Crippen molar-refractivity contribution in [2.75, 3.05) is 7.11 Å². The summed E-state index contributed by atoms with van der Waals surface area (Å²) in [6, 6.07) is 1.13. The number of nitro groups is 1. The molecule has 2 aromatic rings. The Morgan fingerprint density at radius 3 is 2.74 bits per heavy atom. The van der Waals surface area contributed by atoms with E-state index in [-0.39, 0.29) is 10.9 Å². The van der Waals surface area contributed by atoms with Gasteiger partial charge in [-0.25, -0.2) is 8.78 Å². The van der Waals surface area contributed by atoms with Gasteiger partial charge in [0.1, 0.15) is 0 Å². The summed E-state index contributed by atoms with van der Waals surface area (Å²) >= 11 is 0. The highest BCUT2D eigenvalue weighted by Crippen LogP contribution is 2.33. The van der Waals surface area contributed by atoms with Crippen LogP contribution in [0.15, 0.2) is 18.5 Å². The maximum Gasteiger partial charge on any atom is 0.235 e. The van der Waals surface area contributed by atoms with Crippen molar-refractivity contribution in [2.45, 2.75) is 0 Å². The molecule has 5 nitrogen and oxygen atoms in total. The summed E-state index contributed by atoms with van der Waals surface area (Å²) in [5.41, 5.74) is 0.573. The van der Waals surface area contributed by atoms with E-state index in [9.17, 15) is 18.9 Å². The molecule has 7 heteroatoms. The van der Waals surface area contributed by atoms with E-state index in [1.807, 2.05) is 0 Å². The van der Waals surface area contributed by atoms with Gasteiger partial charge in [-0.05, 0) is 0 Å². The fourth-order valence-electron chi connectivity index (χ4n) is 1.94. The van der Waals surface area contributed by atoms with Crippen LogP contribution in [0.25, 0.3) is 17.0 Å². The van der Waals surface area contributed by atoms with Crippen LogP contribution in [0.1, 0.15) is 5.56 Å². The predicted molar refractivity (Wildman–Crippen MR) is 65.4 cm³/mol. The van der Waals surface area contributed by atoms with Gasteiger partial charge in [0.25, 0.3) is 0 Å². The second-order valence-electron chi connectivity index (χ2n) is 3.90. The molecule has 0 spiro atoms. The van der Waals surface area contributed by atoms with Crippen molar-refractivity contribution in [1.82, 2.24) is 4.57 Å². The average molecular weight is 268 g/mol. The molecule has 0 unspecified atom stereocenters. The second-order valence-corrected chi connectivity index (χ2v) is 3.90. The van der Waals surface area contributed by atoms with Gasteiger partial charge in [0.2, 0.25) is 6.20 Å². The monoisotopic (exact) mass is 268 g/mol. The molecule has 1 aromatic heterocycles. The lowest BCUT2D eigenvalue weighted by molar-refractivity contribution is -0.400. The van der Waals surface area contributed by atoms with Crippen LogP contribution >= 0.6 is 0 Å². The van der Waals surface area contributed by atoms with Crippen molar-refractivity contribution < 1.29 is 18.4 Å². The Labute approximate surface area is 106 Å². The third-order valence-corrected chi connectivity index (χ3v) is 2.74. The molecule has 0 fully saturated rings. The Morgan fingerprint density at radius 1 is 1.47 bits per heavy atom. The first-order chi connectivity index (χ1) is 8.95. The van der Waals surface area contributed by atoms with E-state index in [0.717, 1.165) is 19.3 Å².